The van der Waals surface area contributed by atoms with Crippen molar-refractivity contribution in [1.82, 2.24) is 9.13 Å². The van der Waals surface area contributed by atoms with Crippen LogP contribution in [-0.2, 0) is 11.6 Å². The van der Waals surface area contributed by atoms with Crippen molar-refractivity contribution in [2.24, 2.45) is 23.7 Å². The number of hydrogen-bond donors (Lipinski definition) is 0. The van der Waals surface area contributed by atoms with Crippen LogP contribution in [0.25, 0.3) is 66.1 Å². The normalized spacial score (nSPS) is 22.8. The average Bonchev–Trinajstić information content (AvgIpc) is 3.76. The molecule has 7 aromatic carbocycles. The topological polar surface area (TPSA) is 9.86 Å². The van der Waals surface area contributed by atoms with Crippen molar-refractivity contribution in [3.05, 3.63) is 180 Å². The predicted molar refractivity (Wildman–Crippen MR) is 230 cm³/mol. The van der Waals surface area contributed by atoms with Crippen molar-refractivity contribution in [2.45, 2.75) is 43.7 Å². The number of rotatable bonds is 5. The van der Waals surface area contributed by atoms with Crippen molar-refractivity contribution < 1.29 is 13.2 Å². The third kappa shape index (κ3) is 4.92. The molecule has 0 spiro atoms. The molecular weight excluding hydrogens is 722 g/mol. The molecule has 58 heavy (non-hydrogen) atoms. The summed E-state index contributed by atoms with van der Waals surface area (Å²) in [7, 11) is 0. The Balaban J connectivity index is 1.07. The van der Waals surface area contributed by atoms with Gasteiger partial charge in [0.05, 0.1) is 27.6 Å². The van der Waals surface area contributed by atoms with E-state index in [-0.39, 0.29) is 5.41 Å². The third-order valence-corrected chi connectivity index (χ3v) is 14.4. The molecule has 2 aromatic heterocycles. The fourth-order valence-electron chi connectivity index (χ4n) is 12.3. The van der Waals surface area contributed by atoms with Gasteiger partial charge in [-0.05, 0) is 157 Å². The molecule has 0 unspecified atom stereocenters. The van der Waals surface area contributed by atoms with E-state index in [4.69, 9.17) is 0 Å². The van der Waals surface area contributed by atoms with Gasteiger partial charge in [-0.15, -0.1) is 0 Å². The molecule has 0 atom stereocenters. The Morgan fingerprint density at radius 1 is 0.414 bits per heavy atom. The maximum atomic E-state index is 13.9. The van der Waals surface area contributed by atoms with Gasteiger partial charge in [0.25, 0.3) is 0 Å². The first-order valence-electron chi connectivity index (χ1n) is 20.8. The lowest BCUT2D eigenvalue weighted by molar-refractivity contribution is -0.137. The Hall–Kier alpha value is -6.07. The van der Waals surface area contributed by atoms with Gasteiger partial charge in [0.1, 0.15) is 0 Å². The number of benzene rings is 7. The van der Waals surface area contributed by atoms with Crippen LogP contribution in [0.4, 0.5) is 13.2 Å². The standard InChI is InChI=1S/C53H41F3N2/c54-53(55,56)38-19-17-37(18-20-38)52(40-26-33-25-34(28-40)29-41(52)27-33)39-21-24-51-47(32-39)46-31-36(16-23-50(46)58(51)43-11-5-2-6-12-43)35-15-22-49-45(30-35)44-13-7-8-14-48(44)57(49)42-9-3-1-4-10-42/h1-24,30-34,40-41H,25-29H2. The van der Waals surface area contributed by atoms with Gasteiger partial charge in [-0.3, -0.25) is 0 Å². The van der Waals surface area contributed by atoms with Gasteiger partial charge in [-0.2, -0.15) is 13.2 Å². The van der Waals surface area contributed by atoms with Crippen LogP contribution in [0.15, 0.2) is 164 Å². The molecule has 4 aliphatic rings. The molecule has 2 nitrogen and oxygen atoms in total. The number of para-hydroxylation sites is 3. The monoisotopic (exact) mass is 762 g/mol. The smallest absolute Gasteiger partial charge is 0.309 e. The van der Waals surface area contributed by atoms with E-state index in [1.165, 1.54) is 56.7 Å². The summed E-state index contributed by atoms with van der Waals surface area (Å²) in [6.07, 6.45) is 1.52. The molecule has 9 aromatic rings. The van der Waals surface area contributed by atoms with Gasteiger partial charge in [0.2, 0.25) is 0 Å². The first-order chi connectivity index (χ1) is 28.3. The van der Waals surface area contributed by atoms with E-state index in [0.717, 1.165) is 76.6 Å². The van der Waals surface area contributed by atoms with E-state index in [9.17, 15) is 13.2 Å². The molecule has 0 N–H and O–H groups in total. The summed E-state index contributed by atoms with van der Waals surface area (Å²) >= 11 is 0. The largest absolute Gasteiger partial charge is 0.416 e. The average molecular weight is 763 g/mol. The summed E-state index contributed by atoms with van der Waals surface area (Å²) < 4.78 is 46.4. The van der Waals surface area contributed by atoms with Gasteiger partial charge in [-0.1, -0.05) is 84.9 Å². The maximum Gasteiger partial charge on any atom is 0.416 e. The maximum absolute atomic E-state index is 13.9. The van der Waals surface area contributed by atoms with Crippen LogP contribution in [0.3, 0.4) is 0 Å². The van der Waals surface area contributed by atoms with Gasteiger partial charge < -0.3 is 9.13 Å². The van der Waals surface area contributed by atoms with Crippen molar-refractivity contribution in [1.29, 1.82) is 0 Å². The van der Waals surface area contributed by atoms with Crippen molar-refractivity contribution in [3.8, 4) is 22.5 Å². The van der Waals surface area contributed by atoms with Crippen LogP contribution in [0.5, 0.6) is 0 Å². The Bertz CT molecular complexity index is 3020. The van der Waals surface area contributed by atoms with Gasteiger partial charge >= 0.3 is 6.18 Å². The molecule has 4 aliphatic carbocycles. The highest BCUT2D eigenvalue weighted by atomic mass is 19.4. The van der Waals surface area contributed by atoms with E-state index in [0.29, 0.717) is 11.8 Å². The Labute approximate surface area is 335 Å². The highest BCUT2D eigenvalue weighted by Gasteiger charge is 2.58. The van der Waals surface area contributed by atoms with Gasteiger partial charge in [0.15, 0.2) is 0 Å². The van der Waals surface area contributed by atoms with Crippen LogP contribution in [0, 0.1) is 23.7 Å². The zero-order valence-electron chi connectivity index (χ0n) is 32.0. The van der Waals surface area contributed by atoms with E-state index in [1.54, 1.807) is 0 Å². The molecule has 0 amide bonds. The Kier molecular flexibility index (Phi) is 7.31. The van der Waals surface area contributed by atoms with E-state index >= 15 is 0 Å². The van der Waals surface area contributed by atoms with Crippen molar-refractivity contribution >= 4 is 43.6 Å². The van der Waals surface area contributed by atoms with Crippen LogP contribution in [0.1, 0.15) is 48.8 Å². The summed E-state index contributed by atoms with van der Waals surface area (Å²) in [5.74, 6) is 2.24. The molecule has 0 radical (unpaired) electrons. The van der Waals surface area contributed by atoms with Crippen molar-refractivity contribution in [2.75, 3.05) is 0 Å². The third-order valence-electron chi connectivity index (χ3n) is 14.4. The minimum atomic E-state index is -4.37. The molecule has 0 aliphatic heterocycles. The number of aromatic nitrogens is 2. The summed E-state index contributed by atoms with van der Waals surface area (Å²) in [4.78, 5) is 0. The molecular formula is C53H41F3N2. The van der Waals surface area contributed by atoms with E-state index < -0.39 is 11.7 Å². The molecule has 4 bridgehead atoms. The molecule has 4 saturated carbocycles. The number of hydrogen-bond acceptors (Lipinski definition) is 0. The lowest BCUT2D eigenvalue weighted by atomic mass is 9.42. The number of halogens is 3. The van der Waals surface area contributed by atoms with Crippen LogP contribution < -0.4 is 0 Å². The minimum Gasteiger partial charge on any atom is -0.309 e. The van der Waals surface area contributed by atoms with Gasteiger partial charge in [-0.25, -0.2) is 0 Å². The zero-order chi connectivity index (χ0) is 38.8. The molecule has 0 saturated heterocycles. The second-order valence-electron chi connectivity index (χ2n) is 17.3. The summed E-state index contributed by atoms with van der Waals surface area (Å²) in [5.41, 5.74) is 10.6. The molecule has 5 heteroatoms. The van der Waals surface area contributed by atoms with Crippen LogP contribution >= 0.6 is 0 Å². The second kappa shape index (κ2) is 12.5. The highest BCUT2D eigenvalue weighted by Crippen LogP contribution is 2.65. The van der Waals surface area contributed by atoms with Crippen molar-refractivity contribution in [3.63, 3.8) is 0 Å². The lowest BCUT2D eigenvalue weighted by Crippen LogP contribution is -2.56. The fourth-order valence-corrected chi connectivity index (χ4v) is 12.3. The van der Waals surface area contributed by atoms with Gasteiger partial charge in [0, 0.05) is 38.3 Å². The molecule has 284 valence electrons. The lowest BCUT2D eigenvalue weighted by Gasteiger charge is -2.62. The predicted octanol–water partition coefficient (Wildman–Crippen LogP) is 14.3. The first-order valence-corrected chi connectivity index (χ1v) is 20.8. The van der Waals surface area contributed by atoms with Crippen LogP contribution in [0.2, 0.25) is 0 Å². The van der Waals surface area contributed by atoms with Crippen LogP contribution in [-0.4, -0.2) is 9.13 Å². The zero-order valence-corrected chi connectivity index (χ0v) is 32.0. The molecule has 2 heterocycles. The molecule has 4 fully saturated rings. The molecule has 13 rings (SSSR count). The Morgan fingerprint density at radius 3 is 1.41 bits per heavy atom. The van der Waals surface area contributed by atoms with E-state index in [2.05, 4.69) is 149 Å². The first kappa shape index (κ1) is 34.0. The summed E-state index contributed by atoms with van der Waals surface area (Å²) in [6.45, 7) is 0. The number of fused-ring (bicyclic) bond motifs is 6. The quantitative estimate of drug-likeness (QED) is 0.165. The minimum absolute atomic E-state index is 0.331. The SMILES string of the molecule is FC(F)(F)c1ccc(C2(c3ccc4c(c3)c3cc(-c5ccc6c(c5)c5ccccc5n6-c5ccccc5)ccc3n4-c3ccccc3)C3CC4CC(C3)CC2C4)cc1. The fraction of sp³-hybridized carbons (Fsp3) is 0.208. The van der Waals surface area contributed by atoms with E-state index in [1.807, 2.05) is 12.1 Å². The summed E-state index contributed by atoms with van der Waals surface area (Å²) in [5, 5.41) is 4.79. The number of alkyl halides is 3. The summed E-state index contributed by atoms with van der Waals surface area (Å²) in [6, 6.07) is 56.8. The highest BCUT2D eigenvalue weighted by molar-refractivity contribution is 6.13. The Morgan fingerprint density at radius 2 is 0.862 bits per heavy atom. The second-order valence-corrected chi connectivity index (χ2v) is 17.3. The number of nitrogens with zero attached hydrogens (tertiary/aromatic N) is 2.